The van der Waals surface area contributed by atoms with E-state index in [0.29, 0.717) is 23.3 Å². The summed E-state index contributed by atoms with van der Waals surface area (Å²) < 4.78 is 0. The first-order valence-electron chi connectivity index (χ1n) is 5.78. The smallest absolute Gasteiger partial charge is 0.222 e. The Morgan fingerprint density at radius 3 is 2.57 bits per heavy atom. The summed E-state index contributed by atoms with van der Waals surface area (Å²) in [6.45, 7) is 7.88. The Morgan fingerprint density at radius 1 is 1.21 bits per heavy atom. The van der Waals surface area contributed by atoms with Crippen molar-refractivity contribution >= 4 is 5.91 Å². The first kappa shape index (κ1) is 10.0. The van der Waals surface area contributed by atoms with Gasteiger partial charge in [0.2, 0.25) is 5.91 Å². The normalized spacial score (nSPS) is 33.4. The van der Waals surface area contributed by atoms with Crippen LogP contribution >= 0.6 is 0 Å². The van der Waals surface area contributed by atoms with Gasteiger partial charge in [0.25, 0.3) is 0 Å². The van der Waals surface area contributed by atoms with E-state index in [4.69, 9.17) is 0 Å². The second-order valence-electron chi connectivity index (χ2n) is 5.88. The zero-order valence-corrected chi connectivity index (χ0v) is 9.55. The first-order chi connectivity index (χ1) is 6.48. The number of nitrogens with zero attached hydrogens (tertiary/aromatic N) is 1. The maximum absolute atomic E-state index is 11.6. The van der Waals surface area contributed by atoms with E-state index in [0.717, 1.165) is 19.4 Å². The Kier molecular flexibility index (Phi) is 2.32. The molecule has 0 aliphatic carbocycles. The average molecular weight is 195 g/mol. The van der Waals surface area contributed by atoms with Crippen LogP contribution < -0.4 is 0 Å². The summed E-state index contributed by atoms with van der Waals surface area (Å²) in [7, 11) is 0. The lowest BCUT2D eigenvalue weighted by atomic mass is 9.75. The van der Waals surface area contributed by atoms with Crippen LogP contribution in [0.2, 0.25) is 0 Å². The maximum Gasteiger partial charge on any atom is 0.222 e. The molecule has 2 heterocycles. The second-order valence-corrected chi connectivity index (χ2v) is 5.88. The highest BCUT2D eigenvalue weighted by atomic mass is 16.2. The van der Waals surface area contributed by atoms with Crippen molar-refractivity contribution in [2.75, 3.05) is 6.54 Å². The van der Waals surface area contributed by atoms with Crippen LogP contribution in [0.4, 0.5) is 0 Å². The van der Waals surface area contributed by atoms with E-state index in [2.05, 4.69) is 25.7 Å². The molecule has 0 aromatic heterocycles. The van der Waals surface area contributed by atoms with Crippen molar-refractivity contribution in [2.45, 2.75) is 52.5 Å². The molecule has 0 N–H and O–H groups in total. The SMILES string of the molecule is CC(C)(C)C1CCC2CCC(=O)N2C1. The Morgan fingerprint density at radius 2 is 1.93 bits per heavy atom. The standard InChI is InChI=1S/C12H21NO/c1-12(2,3)9-4-5-10-6-7-11(14)13(10)8-9/h9-10H,4-8H2,1-3H3. The number of piperidine rings is 1. The van der Waals surface area contributed by atoms with E-state index in [-0.39, 0.29) is 0 Å². The van der Waals surface area contributed by atoms with Crippen molar-refractivity contribution in [1.82, 2.24) is 4.90 Å². The summed E-state index contributed by atoms with van der Waals surface area (Å²) in [6, 6.07) is 0.584. The lowest BCUT2D eigenvalue weighted by Gasteiger charge is -2.41. The third-order valence-electron chi connectivity index (χ3n) is 3.94. The lowest BCUT2D eigenvalue weighted by Crippen LogP contribution is -2.45. The van der Waals surface area contributed by atoms with E-state index < -0.39 is 0 Å². The van der Waals surface area contributed by atoms with Crippen molar-refractivity contribution in [3.05, 3.63) is 0 Å². The van der Waals surface area contributed by atoms with Gasteiger partial charge in [0.1, 0.15) is 0 Å². The van der Waals surface area contributed by atoms with Gasteiger partial charge in [-0.05, 0) is 30.6 Å². The minimum Gasteiger partial charge on any atom is -0.339 e. The molecule has 14 heavy (non-hydrogen) atoms. The number of hydrogen-bond donors (Lipinski definition) is 0. The molecule has 0 spiro atoms. The fourth-order valence-corrected chi connectivity index (χ4v) is 2.77. The van der Waals surface area contributed by atoms with Crippen molar-refractivity contribution in [1.29, 1.82) is 0 Å². The maximum atomic E-state index is 11.6. The molecule has 2 heteroatoms. The molecular formula is C12H21NO. The van der Waals surface area contributed by atoms with Crippen molar-refractivity contribution < 1.29 is 4.79 Å². The van der Waals surface area contributed by atoms with Gasteiger partial charge in [-0.1, -0.05) is 20.8 Å². The van der Waals surface area contributed by atoms with Crippen LogP contribution in [-0.2, 0) is 4.79 Å². The van der Waals surface area contributed by atoms with E-state index in [9.17, 15) is 4.79 Å². The summed E-state index contributed by atoms with van der Waals surface area (Å²) in [5.74, 6) is 1.09. The van der Waals surface area contributed by atoms with E-state index in [1.54, 1.807) is 0 Å². The minimum atomic E-state index is 0.355. The Bertz CT molecular complexity index is 241. The van der Waals surface area contributed by atoms with E-state index >= 15 is 0 Å². The molecule has 2 unspecified atom stereocenters. The van der Waals surface area contributed by atoms with Crippen LogP contribution in [0.3, 0.4) is 0 Å². The monoisotopic (exact) mass is 195 g/mol. The van der Waals surface area contributed by atoms with Crippen molar-refractivity contribution in [3.8, 4) is 0 Å². The molecule has 0 radical (unpaired) electrons. The van der Waals surface area contributed by atoms with Crippen LogP contribution in [0, 0.1) is 11.3 Å². The Hall–Kier alpha value is -0.530. The van der Waals surface area contributed by atoms with E-state index in [1.165, 1.54) is 12.8 Å². The Balaban J connectivity index is 2.05. The third kappa shape index (κ3) is 1.67. The molecular weight excluding hydrogens is 174 g/mol. The van der Waals surface area contributed by atoms with Gasteiger partial charge >= 0.3 is 0 Å². The van der Waals surface area contributed by atoms with Gasteiger partial charge in [-0.25, -0.2) is 0 Å². The van der Waals surface area contributed by atoms with Gasteiger partial charge in [0.05, 0.1) is 0 Å². The fraction of sp³-hybridized carbons (Fsp3) is 0.917. The van der Waals surface area contributed by atoms with E-state index in [1.807, 2.05) is 0 Å². The van der Waals surface area contributed by atoms with Crippen LogP contribution in [0.15, 0.2) is 0 Å². The molecule has 0 aromatic rings. The minimum absolute atomic E-state index is 0.355. The zero-order valence-electron chi connectivity index (χ0n) is 9.55. The number of fused-ring (bicyclic) bond motifs is 1. The highest BCUT2D eigenvalue weighted by molar-refractivity contribution is 5.78. The number of amides is 1. The molecule has 80 valence electrons. The molecule has 2 aliphatic rings. The second kappa shape index (κ2) is 3.25. The quantitative estimate of drug-likeness (QED) is 0.581. The zero-order chi connectivity index (χ0) is 10.3. The van der Waals surface area contributed by atoms with Crippen molar-refractivity contribution in [2.24, 2.45) is 11.3 Å². The van der Waals surface area contributed by atoms with Crippen LogP contribution in [0.5, 0.6) is 0 Å². The van der Waals surface area contributed by atoms with Gasteiger partial charge in [-0.2, -0.15) is 0 Å². The van der Waals surface area contributed by atoms with Gasteiger partial charge < -0.3 is 4.90 Å². The molecule has 1 amide bonds. The lowest BCUT2D eigenvalue weighted by molar-refractivity contribution is -0.131. The van der Waals surface area contributed by atoms with Crippen LogP contribution in [-0.4, -0.2) is 23.4 Å². The molecule has 2 rings (SSSR count). The molecule has 2 saturated heterocycles. The molecule has 2 nitrogen and oxygen atoms in total. The van der Waals surface area contributed by atoms with Gasteiger partial charge in [0.15, 0.2) is 0 Å². The summed E-state index contributed by atoms with van der Waals surface area (Å²) in [5, 5.41) is 0. The summed E-state index contributed by atoms with van der Waals surface area (Å²) in [6.07, 6.45) is 4.43. The third-order valence-corrected chi connectivity index (χ3v) is 3.94. The molecule has 0 saturated carbocycles. The molecule has 2 fully saturated rings. The highest BCUT2D eigenvalue weighted by Gasteiger charge is 2.39. The van der Waals surface area contributed by atoms with Crippen molar-refractivity contribution in [3.63, 3.8) is 0 Å². The predicted molar refractivity (Wildman–Crippen MR) is 56.9 cm³/mol. The summed E-state index contributed by atoms with van der Waals surface area (Å²) in [5.41, 5.74) is 0.355. The van der Waals surface area contributed by atoms with Gasteiger partial charge in [-0.3, -0.25) is 4.79 Å². The summed E-state index contributed by atoms with van der Waals surface area (Å²) >= 11 is 0. The van der Waals surface area contributed by atoms with Crippen LogP contribution in [0.25, 0.3) is 0 Å². The number of carbonyl (C=O) groups is 1. The molecule has 2 atom stereocenters. The largest absolute Gasteiger partial charge is 0.339 e. The summed E-state index contributed by atoms with van der Waals surface area (Å²) in [4.78, 5) is 13.7. The Labute approximate surface area is 86.7 Å². The topological polar surface area (TPSA) is 20.3 Å². The predicted octanol–water partition coefficient (Wildman–Crippen LogP) is 2.43. The van der Waals surface area contributed by atoms with Gasteiger partial charge in [0, 0.05) is 19.0 Å². The van der Waals surface area contributed by atoms with Gasteiger partial charge in [-0.15, -0.1) is 0 Å². The van der Waals surface area contributed by atoms with Crippen LogP contribution in [0.1, 0.15) is 46.5 Å². The molecule has 2 aliphatic heterocycles. The number of hydrogen-bond acceptors (Lipinski definition) is 1. The molecule has 0 aromatic carbocycles. The number of rotatable bonds is 0. The average Bonchev–Trinajstić information content (AvgIpc) is 2.46. The number of carbonyl (C=O) groups excluding carboxylic acids is 1. The highest BCUT2D eigenvalue weighted by Crippen LogP contribution is 2.38. The molecule has 0 bridgehead atoms. The fourth-order valence-electron chi connectivity index (χ4n) is 2.77. The first-order valence-corrected chi connectivity index (χ1v) is 5.78.